The summed E-state index contributed by atoms with van der Waals surface area (Å²) in [5.41, 5.74) is 13.6. The minimum absolute atomic E-state index is 0.114. The lowest BCUT2D eigenvalue weighted by molar-refractivity contribution is 0.925. The summed E-state index contributed by atoms with van der Waals surface area (Å²) in [5.74, 6) is 0. The molecular formula is C48H40N4O. The number of hydrogen-bond donors (Lipinski definition) is 0. The van der Waals surface area contributed by atoms with Gasteiger partial charge >= 0.3 is 5.69 Å². The highest BCUT2D eigenvalue weighted by atomic mass is 16.1. The largest absolute Gasteiger partial charge is 0.338 e. The summed E-state index contributed by atoms with van der Waals surface area (Å²) < 4.78 is 8.33. The molecule has 0 bridgehead atoms. The molecule has 1 aliphatic rings. The zero-order valence-electron chi connectivity index (χ0n) is 30.2. The Balaban J connectivity index is 1.22. The van der Waals surface area contributed by atoms with E-state index in [0.717, 1.165) is 63.4 Å². The van der Waals surface area contributed by atoms with Gasteiger partial charge in [-0.15, -0.1) is 0 Å². The first-order valence-electron chi connectivity index (χ1n) is 18.4. The first-order valence-corrected chi connectivity index (χ1v) is 18.4. The summed E-state index contributed by atoms with van der Waals surface area (Å²) in [6, 6.07) is 41.9. The van der Waals surface area contributed by atoms with Crippen LogP contribution in [-0.4, -0.2) is 18.3 Å². The first-order chi connectivity index (χ1) is 26.1. The van der Waals surface area contributed by atoms with Crippen LogP contribution in [0.2, 0.25) is 0 Å². The highest BCUT2D eigenvalue weighted by molar-refractivity contribution is 5.96. The lowest BCUT2D eigenvalue weighted by Crippen LogP contribution is -2.22. The Labute approximate surface area is 309 Å². The molecule has 5 nitrogen and oxygen atoms in total. The number of imidazole rings is 1. The molecule has 0 spiro atoms. The monoisotopic (exact) mass is 688 g/mol. The van der Waals surface area contributed by atoms with Gasteiger partial charge in [0.15, 0.2) is 0 Å². The number of allylic oxidation sites excluding steroid dienone is 5. The molecule has 3 heterocycles. The molecule has 0 fully saturated rings. The molecule has 3 aromatic heterocycles. The van der Waals surface area contributed by atoms with E-state index in [1.165, 1.54) is 33.2 Å². The predicted octanol–water partition coefficient (Wildman–Crippen LogP) is 11.8. The van der Waals surface area contributed by atoms with Gasteiger partial charge in [0.2, 0.25) is 0 Å². The SMILES string of the molecule is C/C=C/C=C\c1c(C)n(-c2cccc(-n3c(=O)n(-c4cccc(-n5c6c(c7ccccc75)C=CCC(CC)=C6)c4)c4ccccc43)c2)c2ccccc12. The maximum absolute atomic E-state index is 14.8. The van der Waals surface area contributed by atoms with E-state index in [1.54, 1.807) is 0 Å². The summed E-state index contributed by atoms with van der Waals surface area (Å²) >= 11 is 0. The van der Waals surface area contributed by atoms with Gasteiger partial charge in [-0.1, -0.05) is 110 Å². The van der Waals surface area contributed by atoms with Crippen LogP contribution in [0.5, 0.6) is 0 Å². The van der Waals surface area contributed by atoms with E-state index in [9.17, 15) is 4.79 Å². The lowest BCUT2D eigenvalue weighted by atomic mass is 10.1. The maximum Gasteiger partial charge on any atom is 0.338 e. The van der Waals surface area contributed by atoms with Crippen LogP contribution < -0.4 is 5.69 Å². The fraction of sp³-hybridized carbons (Fsp3) is 0.104. The van der Waals surface area contributed by atoms with Crippen molar-refractivity contribution in [2.24, 2.45) is 0 Å². The molecule has 5 aromatic carbocycles. The number of aromatic nitrogens is 4. The molecule has 0 amide bonds. The maximum atomic E-state index is 14.8. The van der Waals surface area contributed by atoms with Gasteiger partial charge in [0, 0.05) is 39.0 Å². The number of rotatable bonds is 7. The van der Waals surface area contributed by atoms with E-state index < -0.39 is 0 Å². The molecule has 53 heavy (non-hydrogen) atoms. The van der Waals surface area contributed by atoms with Crippen molar-refractivity contribution < 1.29 is 0 Å². The second kappa shape index (κ2) is 13.2. The minimum atomic E-state index is -0.114. The molecule has 0 saturated carbocycles. The summed E-state index contributed by atoms with van der Waals surface area (Å²) in [6.45, 7) is 6.41. The Morgan fingerprint density at radius 2 is 1.17 bits per heavy atom. The van der Waals surface area contributed by atoms with E-state index in [4.69, 9.17) is 0 Å². The van der Waals surface area contributed by atoms with E-state index in [-0.39, 0.29) is 5.69 Å². The normalized spacial score (nSPS) is 13.2. The fourth-order valence-corrected chi connectivity index (χ4v) is 8.10. The highest BCUT2D eigenvalue weighted by Gasteiger charge is 2.21. The molecule has 0 atom stereocenters. The third kappa shape index (κ3) is 5.27. The van der Waals surface area contributed by atoms with Gasteiger partial charge in [-0.25, -0.2) is 4.79 Å². The van der Waals surface area contributed by atoms with Gasteiger partial charge in [-0.2, -0.15) is 0 Å². The number of hydrogen-bond acceptors (Lipinski definition) is 1. The van der Waals surface area contributed by atoms with Crippen LogP contribution in [0.15, 0.2) is 156 Å². The van der Waals surface area contributed by atoms with E-state index >= 15 is 0 Å². The van der Waals surface area contributed by atoms with Gasteiger partial charge in [-0.05, 0) is 93.4 Å². The van der Waals surface area contributed by atoms with Gasteiger partial charge < -0.3 is 9.13 Å². The second-order valence-electron chi connectivity index (χ2n) is 13.6. The van der Waals surface area contributed by atoms with Crippen LogP contribution in [-0.2, 0) is 0 Å². The van der Waals surface area contributed by atoms with Crippen LogP contribution in [0.25, 0.3) is 73.8 Å². The topological polar surface area (TPSA) is 36.8 Å². The van der Waals surface area contributed by atoms with Gasteiger partial charge in [0.25, 0.3) is 0 Å². The van der Waals surface area contributed by atoms with E-state index in [1.807, 2.05) is 64.6 Å². The number of fused-ring (bicyclic) bond motifs is 5. The Kier molecular flexibility index (Phi) is 8.04. The molecule has 258 valence electrons. The van der Waals surface area contributed by atoms with E-state index in [2.05, 4.69) is 138 Å². The quantitative estimate of drug-likeness (QED) is 0.154. The molecule has 8 aromatic rings. The molecule has 0 saturated heterocycles. The molecule has 0 radical (unpaired) electrons. The van der Waals surface area contributed by atoms with Crippen LogP contribution in [0.3, 0.4) is 0 Å². The average Bonchev–Trinajstić information content (AvgIpc) is 3.70. The van der Waals surface area contributed by atoms with Crippen LogP contribution in [0, 0.1) is 6.92 Å². The van der Waals surface area contributed by atoms with Crippen LogP contribution in [0.1, 0.15) is 49.2 Å². The number of para-hydroxylation sites is 4. The standard InChI is InChI=1S/C48H40N4O/c1-4-6-7-22-39-33(3)49(43-26-10-8-23-40(39)43)35-18-15-20-37(31-35)51-45-28-12-13-29-46(45)52(48(51)53)38-21-16-19-36(32-38)50-44-27-11-9-24-41(44)42-25-14-17-34(5-2)30-47(42)50/h4,6-16,18-32H,5,17H2,1-3H3/b6-4+,22-7-. The number of benzene rings is 5. The van der Waals surface area contributed by atoms with Crippen LogP contribution in [0.4, 0.5) is 0 Å². The lowest BCUT2D eigenvalue weighted by Gasteiger charge is -2.13. The van der Waals surface area contributed by atoms with Crippen molar-refractivity contribution in [3.8, 4) is 22.7 Å². The Morgan fingerprint density at radius 3 is 1.79 bits per heavy atom. The molecule has 5 heteroatoms. The smallest absolute Gasteiger partial charge is 0.313 e. The molecule has 0 N–H and O–H groups in total. The molecule has 0 unspecified atom stereocenters. The summed E-state index contributed by atoms with van der Waals surface area (Å²) in [5, 5.41) is 2.41. The number of nitrogens with zero attached hydrogens (tertiary/aromatic N) is 4. The van der Waals surface area contributed by atoms with Crippen molar-refractivity contribution in [3.63, 3.8) is 0 Å². The second-order valence-corrected chi connectivity index (χ2v) is 13.6. The third-order valence-electron chi connectivity index (χ3n) is 10.6. The Hall–Kier alpha value is -6.59. The third-order valence-corrected chi connectivity index (χ3v) is 10.6. The summed E-state index contributed by atoms with van der Waals surface area (Å²) in [6.07, 6.45) is 17.2. The molecule has 1 aliphatic carbocycles. The van der Waals surface area contributed by atoms with Crippen molar-refractivity contribution in [2.45, 2.75) is 33.6 Å². The van der Waals surface area contributed by atoms with Crippen molar-refractivity contribution in [3.05, 3.63) is 184 Å². The minimum Gasteiger partial charge on any atom is -0.313 e. The molecule has 0 aliphatic heterocycles. The highest BCUT2D eigenvalue weighted by Crippen LogP contribution is 2.36. The van der Waals surface area contributed by atoms with Crippen molar-refractivity contribution in [2.75, 3.05) is 0 Å². The van der Waals surface area contributed by atoms with E-state index in [0.29, 0.717) is 0 Å². The first kappa shape index (κ1) is 32.3. The van der Waals surface area contributed by atoms with Crippen molar-refractivity contribution in [1.82, 2.24) is 18.3 Å². The Bertz CT molecular complexity index is 2900. The van der Waals surface area contributed by atoms with Crippen LogP contribution >= 0.6 is 0 Å². The van der Waals surface area contributed by atoms with Gasteiger partial charge in [0.05, 0.1) is 39.1 Å². The van der Waals surface area contributed by atoms with Crippen molar-refractivity contribution >= 4 is 51.1 Å². The zero-order valence-corrected chi connectivity index (χ0v) is 30.2. The summed E-state index contributed by atoms with van der Waals surface area (Å²) in [4.78, 5) is 14.8. The summed E-state index contributed by atoms with van der Waals surface area (Å²) in [7, 11) is 0. The Morgan fingerprint density at radius 1 is 0.623 bits per heavy atom. The molecular weight excluding hydrogens is 649 g/mol. The van der Waals surface area contributed by atoms with Gasteiger partial charge in [0.1, 0.15) is 0 Å². The average molecular weight is 689 g/mol. The molecule has 9 rings (SSSR count). The predicted molar refractivity (Wildman–Crippen MR) is 223 cm³/mol. The van der Waals surface area contributed by atoms with Gasteiger partial charge in [-0.3, -0.25) is 9.13 Å². The van der Waals surface area contributed by atoms with Crippen molar-refractivity contribution in [1.29, 1.82) is 0 Å². The zero-order chi connectivity index (χ0) is 36.1. The fourth-order valence-electron chi connectivity index (χ4n) is 8.10.